The maximum absolute atomic E-state index is 13.4. The van der Waals surface area contributed by atoms with Crippen molar-refractivity contribution in [3.05, 3.63) is 76.2 Å². The van der Waals surface area contributed by atoms with Gasteiger partial charge in [0.2, 0.25) is 0 Å². The number of furan rings is 1. The summed E-state index contributed by atoms with van der Waals surface area (Å²) in [7, 11) is 0. The SMILES string of the molecule is O=C(Nc1nc2ccc(F)cc2s1)c1csc(C2CCN(C(=O)c3cc4ccccc4o3)CC2)n1. The van der Waals surface area contributed by atoms with E-state index >= 15 is 0 Å². The summed E-state index contributed by atoms with van der Waals surface area (Å²) in [4.78, 5) is 36.3. The Bertz CT molecular complexity index is 1530. The molecule has 6 rings (SSSR count). The number of piperidine rings is 1. The first kappa shape index (κ1) is 21.9. The van der Waals surface area contributed by atoms with Crippen LogP contribution in [-0.4, -0.2) is 39.8 Å². The van der Waals surface area contributed by atoms with Crippen molar-refractivity contribution in [1.82, 2.24) is 14.9 Å². The summed E-state index contributed by atoms with van der Waals surface area (Å²) in [6.07, 6.45) is 1.54. The lowest BCUT2D eigenvalue weighted by Crippen LogP contribution is -2.37. The van der Waals surface area contributed by atoms with E-state index in [9.17, 15) is 14.0 Å². The van der Waals surface area contributed by atoms with Gasteiger partial charge in [0.25, 0.3) is 11.8 Å². The molecule has 0 saturated carbocycles. The molecule has 0 unspecified atom stereocenters. The van der Waals surface area contributed by atoms with Crippen molar-refractivity contribution < 1.29 is 18.4 Å². The quantitative estimate of drug-likeness (QED) is 0.327. The molecule has 2 aromatic carbocycles. The standard InChI is InChI=1S/C25H19FN4O3S2/c26-16-5-6-17-21(12-16)35-25(28-17)29-22(31)18-13-34-23(27-18)14-7-9-30(10-8-14)24(32)20-11-15-3-1-2-4-19(15)33-20/h1-6,11-14H,7-10H2,(H,28,29,31). The normalized spacial score (nSPS) is 14.6. The number of amides is 2. The van der Waals surface area contributed by atoms with Crippen molar-refractivity contribution in [2.75, 3.05) is 18.4 Å². The third-order valence-corrected chi connectivity index (χ3v) is 8.03. The van der Waals surface area contributed by atoms with E-state index in [2.05, 4.69) is 15.3 Å². The smallest absolute Gasteiger partial charge is 0.289 e. The number of nitrogens with one attached hydrogen (secondary N) is 1. The molecule has 3 aromatic heterocycles. The number of benzene rings is 2. The van der Waals surface area contributed by atoms with E-state index in [0.29, 0.717) is 45.5 Å². The molecule has 176 valence electrons. The number of halogens is 1. The van der Waals surface area contributed by atoms with Crippen molar-refractivity contribution in [3.8, 4) is 0 Å². The third kappa shape index (κ3) is 4.30. The van der Waals surface area contributed by atoms with Gasteiger partial charge in [-0.2, -0.15) is 0 Å². The summed E-state index contributed by atoms with van der Waals surface area (Å²) >= 11 is 2.67. The maximum Gasteiger partial charge on any atom is 0.289 e. The molecule has 0 aliphatic carbocycles. The summed E-state index contributed by atoms with van der Waals surface area (Å²) in [6.45, 7) is 1.20. The van der Waals surface area contributed by atoms with Gasteiger partial charge in [-0.05, 0) is 43.2 Å². The highest BCUT2D eigenvalue weighted by Gasteiger charge is 2.28. The van der Waals surface area contributed by atoms with Crippen LogP contribution in [0.2, 0.25) is 0 Å². The fraction of sp³-hybridized carbons (Fsp3) is 0.200. The van der Waals surface area contributed by atoms with Crippen LogP contribution in [0, 0.1) is 5.82 Å². The fourth-order valence-corrected chi connectivity index (χ4v) is 6.12. The number of carbonyl (C=O) groups is 2. The lowest BCUT2D eigenvalue weighted by Gasteiger charge is -2.30. The molecule has 2 amide bonds. The Morgan fingerprint density at radius 1 is 1.09 bits per heavy atom. The number of hydrogen-bond acceptors (Lipinski definition) is 7. The minimum Gasteiger partial charge on any atom is -0.451 e. The number of rotatable bonds is 4. The highest BCUT2D eigenvalue weighted by atomic mass is 32.1. The first-order valence-electron chi connectivity index (χ1n) is 11.1. The Balaban J connectivity index is 1.08. The lowest BCUT2D eigenvalue weighted by atomic mass is 9.97. The molecular weight excluding hydrogens is 487 g/mol. The van der Waals surface area contributed by atoms with E-state index in [1.54, 1.807) is 17.5 Å². The number of fused-ring (bicyclic) bond motifs is 2. The number of likely N-dealkylation sites (tertiary alicyclic amines) is 1. The highest BCUT2D eigenvalue weighted by molar-refractivity contribution is 7.22. The molecule has 4 heterocycles. The zero-order chi connectivity index (χ0) is 23.9. The van der Waals surface area contributed by atoms with Crippen molar-refractivity contribution >= 4 is 60.8 Å². The average molecular weight is 507 g/mol. The van der Waals surface area contributed by atoms with Crippen molar-refractivity contribution in [2.24, 2.45) is 0 Å². The zero-order valence-electron chi connectivity index (χ0n) is 18.4. The van der Waals surface area contributed by atoms with Gasteiger partial charge in [-0.1, -0.05) is 29.5 Å². The van der Waals surface area contributed by atoms with Gasteiger partial charge in [0, 0.05) is 29.8 Å². The monoisotopic (exact) mass is 506 g/mol. The van der Waals surface area contributed by atoms with Crippen LogP contribution in [0.15, 0.2) is 58.3 Å². The summed E-state index contributed by atoms with van der Waals surface area (Å²) in [6, 6.07) is 13.7. The predicted molar refractivity (Wildman–Crippen MR) is 134 cm³/mol. The second-order valence-electron chi connectivity index (χ2n) is 8.37. The maximum atomic E-state index is 13.4. The van der Waals surface area contributed by atoms with Crippen LogP contribution in [0.5, 0.6) is 0 Å². The van der Waals surface area contributed by atoms with Crippen LogP contribution in [0.4, 0.5) is 9.52 Å². The van der Waals surface area contributed by atoms with Gasteiger partial charge in [-0.15, -0.1) is 11.3 Å². The number of hydrogen-bond donors (Lipinski definition) is 1. The lowest BCUT2D eigenvalue weighted by molar-refractivity contribution is 0.0683. The molecule has 1 N–H and O–H groups in total. The number of aromatic nitrogens is 2. The first-order chi connectivity index (χ1) is 17.0. The van der Waals surface area contributed by atoms with Crippen molar-refractivity contribution in [3.63, 3.8) is 0 Å². The van der Waals surface area contributed by atoms with Crippen LogP contribution in [0.1, 0.15) is 44.8 Å². The Kier molecular flexibility index (Phi) is 5.54. The van der Waals surface area contributed by atoms with E-state index in [4.69, 9.17) is 4.42 Å². The number of anilines is 1. The van der Waals surface area contributed by atoms with Gasteiger partial charge in [0.05, 0.1) is 15.2 Å². The largest absolute Gasteiger partial charge is 0.451 e. The molecule has 0 atom stereocenters. The molecule has 0 bridgehead atoms. The molecule has 5 aromatic rings. The molecule has 1 aliphatic heterocycles. The summed E-state index contributed by atoms with van der Waals surface area (Å²) in [5.74, 6) is -0.241. The Hall–Kier alpha value is -3.63. The topological polar surface area (TPSA) is 88.3 Å². The third-order valence-electron chi connectivity index (χ3n) is 6.09. The molecule has 1 saturated heterocycles. The zero-order valence-corrected chi connectivity index (χ0v) is 20.0. The fourth-order valence-electron chi connectivity index (χ4n) is 4.27. The van der Waals surface area contributed by atoms with Gasteiger partial charge in [-0.3, -0.25) is 14.9 Å². The van der Waals surface area contributed by atoms with Gasteiger partial charge in [0.1, 0.15) is 17.1 Å². The van der Waals surface area contributed by atoms with E-state index in [-0.39, 0.29) is 23.5 Å². The van der Waals surface area contributed by atoms with Crippen LogP contribution in [0.3, 0.4) is 0 Å². The first-order valence-corrected chi connectivity index (χ1v) is 12.8. The Labute approximate surface area is 207 Å². The molecular formula is C25H19FN4O3S2. The average Bonchev–Trinajstić information content (AvgIpc) is 3.61. The van der Waals surface area contributed by atoms with Crippen molar-refractivity contribution in [1.29, 1.82) is 0 Å². The Morgan fingerprint density at radius 2 is 1.91 bits per heavy atom. The summed E-state index contributed by atoms with van der Waals surface area (Å²) < 4.78 is 19.8. The second-order valence-corrected chi connectivity index (χ2v) is 10.3. The molecule has 10 heteroatoms. The number of para-hydroxylation sites is 1. The van der Waals surface area contributed by atoms with Crippen LogP contribution in [-0.2, 0) is 0 Å². The van der Waals surface area contributed by atoms with E-state index in [0.717, 1.165) is 23.2 Å². The Morgan fingerprint density at radius 3 is 2.74 bits per heavy atom. The van der Waals surface area contributed by atoms with Gasteiger partial charge >= 0.3 is 0 Å². The highest BCUT2D eigenvalue weighted by Crippen LogP contribution is 2.32. The van der Waals surface area contributed by atoms with E-state index in [1.807, 2.05) is 29.2 Å². The molecule has 1 fully saturated rings. The minimum absolute atomic E-state index is 0.102. The number of carbonyl (C=O) groups excluding carboxylic acids is 2. The van der Waals surface area contributed by atoms with Crippen LogP contribution < -0.4 is 5.32 Å². The minimum atomic E-state index is -0.343. The van der Waals surface area contributed by atoms with Crippen molar-refractivity contribution in [2.45, 2.75) is 18.8 Å². The van der Waals surface area contributed by atoms with Gasteiger partial charge in [0.15, 0.2) is 10.9 Å². The van der Waals surface area contributed by atoms with Gasteiger partial charge < -0.3 is 9.32 Å². The molecule has 0 spiro atoms. The number of nitrogens with zero attached hydrogens (tertiary/aromatic N) is 3. The molecule has 35 heavy (non-hydrogen) atoms. The molecule has 0 radical (unpaired) electrons. The number of thiazole rings is 2. The molecule has 7 nitrogen and oxygen atoms in total. The van der Waals surface area contributed by atoms with E-state index < -0.39 is 0 Å². The van der Waals surface area contributed by atoms with Crippen LogP contribution in [0.25, 0.3) is 21.2 Å². The van der Waals surface area contributed by atoms with E-state index in [1.165, 1.54) is 34.8 Å². The summed E-state index contributed by atoms with van der Waals surface area (Å²) in [5, 5.41) is 6.71. The second kappa shape index (κ2) is 8.86. The van der Waals surface area contributed by atoms with Crippen LogP contribution >= 0.6 is 22.7 Å². The summed E-state index contributed by atoms with van der Waals surface area (Å²) in [5.41, 5.74) is 1.67. The molecule has 1 aliphatic rings. The predicted octanol–water partition coefficient (Wildman–Crippen LogP) is 5.91. The van der Waals surface area contributed by atoms with Gasteiger partial charge in [-0.25, -0.2) is 14.4 Å².